The van der Waals surface area contributed by atoms with Crippen LogP contribution in [0.25, 0.3) is 0 Å². The van der Waals surface area contributed by atoms with Crippen molar-refractivity contribution in [2.24, 2.45) is 5.41 Å². The Kier molecular flexibility index (Phi) is 7.54. The Hall–Kier alpha value is -1.28. The first-order valence-electron chi connectivity index (χ1n) is 8.06. The Morgan fingerprint density at radius 2 is 1.92 bits per heavy atom. The number of rotatable bonds is 2. The third-order valence-electron chi connectivity index (χ3n) is 3.74. The minimum atomic E-state index is -1.11. The van der Waals surface area contributed by atoms with E-state index < -0.39 is 23.4 Å². The van der Waals surface area contributed by atoms with E-state index in [4.69, 9.17) is 4.74 Å². The molecule has 1 fully saturated rings. The summed E-state index contributed by atoms with van der Waals surface area (Å²) in [5.74, 6) is -0.432. The second-order valence-corrected chi connectivity index (χ2v) is 8.99. The van der Waals surface area contributed by atoms with Gasteiger partial charge in [0, 0.05) is 35.4 Å². The molecule has 24 heavy (non-hydrogen) atoms. The zero-order valence-electron chi connectivity index (χ0n) is 14.8. The van der Waals surface area contributed by atoms with Crippen LogP contribution in [0, 0.1) is 5.41 Å². The summed E-state index contributed by atoms with van der Waals surface area (Å²) in [5.41, 5.74) is -0.920. The SMILES string of the molecule is CC1(C)CC(=O)O[C@H](C(C)(C)CO)C(=O)NCCC(=O)NCCS1. The molecule has 1 heterocycles. The van der Waals surface area contributed by atoms with Crippen LogP contribution in [-0.4, -0.2) is 59.2 Å². The number of esters is 1. The molecule has 0 bridgehead atoms. The summed E-state index contributed by atoms with van der Waals surface area (Å²) >= 11 is 1.56. The zero-order valence-corrected chi connectivity index (χ0v) is 15.6. The minimum Gasteiger partial charge on any atom is -0.452 e. The molecule has 1 atom stereocenters. The van der Waals surface area contributed by atoms with Crippen molar-refractivity contribution in [1.82, 2.24) is 10.6 Å². The van der Waals surface area contributed by atoms with E-state index in [9.17, 15) is 19.5 Å². The van der Waals surface area contributed by atoms with E-state index in [1.165, 1.54) is 0 Å². The number of thioether (sulfide) groups is 1. The lowest BCUT2D eigenvalue weighted by atomic mass is 9.86. The molecule has 138 valence electrons. The van der Waals surface area contributed by atoms with Crippen LogP contribution in [0.5, 0.6) is 0 Å². The Morgan fingerprint density at radius 3 is 2.54 bits per heavy atom. The summed E-state index contributed by atoms with van der Waals surface area (Å²) in [5, 5.41) is 14.9. The molecule has 0 aromatic carbocycles. The van der Waals surface area contributed by atoms with E-state index in [0.717, 1.165) is 0 Å². The van der Waals surface area contributed by atoms with Gasteiger partial charge in [0.15, 0.2) is 6.10 Å². The summed E-state index contributed by atoms with van der Waals surface area (Å²) in [6, 6.07) is 0. The first-order chi connectivity index (χ1) is 11.1. The fourth-order valence-electron chi connectivity index (χ4n) is 2.22. The molecule has 0 aliphatic carbocycles. The molecule has 0 unspecified atom stereocenters. The smallest absolute Gasteiger partial charge is 0.307 e. The maximum atomic E-state index is 12.4. The number of amides is 2. The van der Waals surface area contributed by atoms with Crippen molar-refractivity contribution >= 4 is 29.5 Å². The van der Waals surface area contributed by atoms with Gasteiger partial charge in [0.25, 0.3) is 5.91 Å². The van der Waals surface area contributed by atoms with E-state index >= 15 is 0 Å². The highest BCUT2D eigenvalue weighted by Crippen LogP contribution is 2.30. The van der Waals surface area contributed by atoms with E-state index in [0.29, 0.717) is 12.3 Å². The molecule has 7 nitrogen and oxygen atoms in total. The van der Waals surface area contributed by atoms with Gasteiger partial charge in [-0.2, -0.15) is 11.8 Å². The third kappa shape index (κ3) is 6.68. The van der Waals surface area contributed by atoms with Gasteiger partial charge in [0.05, 0.1) is 13.0 Å². The van der Waals surface area contributed by atoms with Crippen molar-refractivity contribution in [1.29, 1.82) is 0 Å². The largest absolute Gasteiger partial charge is 0.452 e. The first kappa shape index (κ1) is 20.8. The van der Waals surface area contributed by atoms with Crippen LogP contribution in [0.4, 0.5) is 0 Å². The molecule has 1 aliphatic rings. The van der Waals surface area contributed by atoms with Crippen LogP contribution in [0.2, 0.25) is 0 Å². The normalized spacial score (nSPS) is 24.4. The van der Waals surface area contributed by atoms with Crippen molar-refractivity contribution in [3.63, 3.8) is 0 Å². The molecule has 0 aromatic rings. The number of aliphatic hydroxyl groups excluding tert-OH is 1. The molecule has 1 aliphatic heterocycles. The van der Waals surface area contributed by atoms with Crippen molar-refractivity contribution in [2.45, 2.75) is 51.4 Å². The van der Waals surface area contributed by atoms with Gasteiger partial charge in [-0.1, -0.05) is 27.7 Å². The molecule has 1 saturated heterocycles. The predicted molar refractivity (Wildman–Crippen MR) is 92.5 cm³/mol. The lowest BCUT2D eigenvalue weighted by molar-refractivity contribution is -0.165. The van der Waals surface area contributed by atoms with Gasteiger partial charge in [-0.25, -0.2) is 0 Å². The molecular weight excluding hydrogens is 332 g/mol. The van der Waals surface area contributed by atoms with E-state index in [1.807, 2.05) is 13.8 Å². The van der Waals surface area contributed by atoms with Crippen LogP contribution in [0.3, 0.4) is 0 Å². The topological polar surface area (TPSA) is 105 Å². The summed E-state index contributed by atoms with van der Waals surface area (Å²) in [4.78, 5) is 36.3. The van der Waals surface area contributed by atoms with Gasteiger partial charge in [0.2, 0.25) is 5.91 Å². The maximum Gasteiger partial charge on any atom is 0.307 e. The summed E-state index contributed by atoms with van der Waals surface area (Å²) in [6.45, 7) is 7.49. The van der Waals surface area contributed by atoms with Crippen LogP contribution < -0.4 is 10.6 Å². The molecule has 0 saturated carbocycles. The van der Waals surface area contributed by atoms with Crippen molar-refractivity contribution < 1.29 is 24.2 Å². The lowest BCUT2D eigenvalue weighted by Gasteiger charge is -2.32. The van der Waals surface area contributed by atoms with Crippen LogP contribution >= 0.6 is 11.8 Å². The minimum absolute atomic E-state index is 0.136. The Balaban J connectivity index is 2.94. The number of hydrogen-bond acceptors (Lipinski definition) is 6. The quantitative estimate of drug-likeness (QED) is 0.618. The number of carbonyl (C=O) groups is 3. The predicted octanol–water partition coefficient (Wildman–Crippen LogP) is 0.455. The number of hydrogen-bond donors (Lipinski definition) is 3. The second kappa shape index (κ2) is 8.71. The van der Waals surface area contributed by atoms with E-state index in [1.54, 1.807) is 25.6 Å². The fraction of sp³-hybridized carbons (Fsp3) is 0.812. The monoisotopic (exact) mass is 360 g/mol. The van der Waals surface area contributed by atoms with Crippen molar-refractivity contribution in [3.8, 4) is 0 Å². The van der Waals surface area contributed by atoms with Gasteiger partial charge in [-0.15, -0.1) is 0 Å². The molecule has 2 amide bonds. The number of carbonyl (C=O) groups excluding carboxylic acids is 3. The van der Waals surface area contributed by atoms with Crippen LogP contribution in [0.15, 0.2) is 0 Å². The van der Waals surface area contributed by atoms with Gasteiger partial charge < -0.3 is 20.5 Å². The number of nitrogens with one attached hydrogen (secondary N) is 2. The number of cyclic esters (lactones) is 1. The lowest BCUT2D eigenvalue weighted by Crippen LogP contribution is -2.49. The molecule has 0 spiro atoms. The molecular formula is C16H28N2O5S. The summed E-state index contributed by atoms with van der Waals surface area (Å²) in [7, 11) is 0. The van der Waals surface area contributed by atoms with Gasteiger partial charge in [0.1, 0.15) is 0 Å². The standard InChI is InChI=1S/C16H28N2O5S/c1-15(2,10-19)13-14(22)18-6-5-11(20)17-7-8-24-16(3,4)9-12(21)23-13/h13,19H,5-10H2,1-4H3,(H,17,20)(H,18,22)/t13-/m0/s1. The Morgan fingerprint density at radius 1 is 1.25 bits per heavy atom. The molecule has 3 N–H and O–H groups in total. The maximum absolute atomic E-state index is 12.4. The van der Waals surface area contributed by atoms with Gasteiger partial charge in [-0.05, 0) is 0 Å². The van der Waals surface area contributed by atoms with Crippen molar-refractivity contribution in [2.75, 3.05) is 25.4 Å². The average molecular weight is 360 g/mol. The van der Waals surface area contributed by atoms with E-state index in [2.05, 4.69) is 10.6 Å². The average Bonchev–Trinajstić information content (AvgIpc) is 2.47. The molecule has 0 radical (unpaired) electrons. The fourth-order valence-corrected chi connectivity index (χ4v) is 3.20. The molecule has 8 heteroatoms. The Bertz CT molecular complexity index is 479. The summed E-state index contributed by atoms with van der Waals surface area (Å²) < 4.78 is 5.02. The second-order valence-electron chi connectivity index (χ2n) is 7.19. The molecule has 1 rings (SSSR count). The highest BCUT2D eigenvalue weighted by atomic mass is 32.2. The van der Waals surface area contributed by atoms with E-state index in [-0.39, 0.29) is 36.6 Å². The summed E-state index contributed by atoms with van der Waals surface area (Å²) in [6.07, 6.45) is -0.821. The molecule has 0 aromatic heterocycles. The first-order valence-corrected chi connectivity index (χ1v) is 9.05. The highest BCUT2D eigenvalue weighted by molar-refractivity contribution is 8.00. The zero-order chi connectivity index (χ0) is 18.4. The van der Waals surface area contributed by atoms with Gasteiger partial charge in [-0.3, -0.25) is 14.4 Å². The highest BCUT2D eigenvalue weighted by Gasteiger charge is 2.39. The van der Waals surface area contributed by atoms with Gasteiger partial charge >= 0.3 is 5.97 Å². The van der Waals surface area contributed by atoms with Crippen LogP contribution in [-0.2, 0) is 19.1 Å². The van der Waals surface area contributed by atoms with Crippen molar-refractivity contribution in [3.05, 3.63) is 0 Å². The number of aliphatic hydroxyl groups is 1. The third-order valence-corrected chi connectivity index (χ3v) is 5.08. The van der Waals surface area contributed by atoms with Crippen LogP contribution in [0.1, 0.15) is 40.5 Å². The Labute approximate surface area is 147 Å². The number of ether oxygens (including phenoxy) is 1.